The van der Waals surface area contributed by atoms with Crippen LogP contribution in [0.3, 0.4) is 0 Å². The lowest BCUT2D eigenvalue weighted by Crippen LogP contribution is -2.38. The number of amides is 1. The number of hydrogen-bond acceptors (Lipinski definition) is 4. The summed E-state index contributed by atoms with van der Waals surface area (Å²) in [7, 11) is 0. The molecule has 0 heterocycles. The van der Waals surface area contributed by atoms with Gasteiger partial charge in [0, 0.05) is 12.5 Å². The molecule has 1 N–H and O–H groups in total. The molecule has 5 nitrogen and oxygen atoms in total. The lowest BCUT2D eigenvalue weighted by Gasteiger charge is -2.18. The molecule has 0 spiro atoms. The molecular weight excluding hydrogens is 328 g/mol. The van der Waals surface area contributed by atoms with Gasteiger partial charge in [0.15, 0.2) is 6.10 Å². The van der Waals surface area contributed by atoms with E-state index in [-0.39, 0.29) is 11.8 Å². The van der Waals surface area contributed by atoms with Gasteiger partial charge in [-0.2, -0.15) is 5.26 Å². The second kappa shape index (κ2) is 9.38. The van der Waals surface area contributed by atoms with E-state index >= 15 is 0 Å². The maximum absolute atomic E-state index is 12.2. The number of rotatable bonds is 7. The Bertz CT molecular complexity index is 779. The number of esters is 1. The van der Waals surface area contributed by atoms with Crippen LogP contribution in [0.4, 0.5) is 0 Å². The molecular formula is C21H22N2O3. The highest BCUT2D eigenvalue weighted by molar-refractivity contribution is 5.92. The van der Waals surface area contributed by atoms with Crippen molar-refractivity contribution < 1.29 is 14.3 Å². The van der Waals surface area contributed by atoms with Crippen LogP contribution >= 0.6 is 0 Å². The molecule has 5 heteroatoms. The Morgan fingerprint density at radius 2 is 1.77 bits per heavy atom. The van der Waals surface area contributed by atoms with Crippen molar-refractivity contribution >= 4 is 11.9 Å². The van der Waals surface area contributed by atoms with Crippen molar-refractivity contribution in [2.45, 2.75) is 32.3 Å². The Hall–Kier alpha value is -3.13. The average Bonchev–Trinajstić information content (AvgIpc) is 2.69. The van der Waals surface area contributed by atoms with E-state index in [9.17, 15) is 9.59 Å². The summed E-state index contributed by atoms with van der Waals surface area (Å²) in [6.45, 7) is 4.09. The molecule has 0 bridgehead atoms. The fraction of sp³-hybridized carbons (Fsp3) is 0.286. The summed E-state index contributed by atoms with van der Waals surface area (Å²) in [6, 6.07) is 18.0. The summed E-state index contributed by atoms with van der Waals surface area (Å²) in [5.41, 5.74) is 1.93. The first kappa shape index (κ1) is 19.2. The third-order valence-electron chi connectivity index (χ3n) is 4.19. The molecule has 0 aromatic heterocycles. The van der Waals surface area contributed by atoms with Crippen LogP contribution in [0.15, 0.2) is 54.6 Å². The predicted octanol–water partition coefficient (Wildman–Crippen LogP) is 3.41. The van der Waals surface area contributed by atoms with Gasteiger partial charge in [0.25, 0.3) is 5.91 Å². The number of carbonyl (C=O) groups is 2. The summed E-state index contributed by atoms with van der Waals surface area (Å²) in [6.07, 6.45) is -0.00427. The number of ether oxygens (including phenoxy) is 1. The van der Waals surface area contributed by atoms with Gasteiger partial charge in [0.05, 0.1) is 17.2 Å². The largest absolute Gasteiger partial charge is 0.449 e. The van der Waals surface area contributed by atoms with Crippen molar-refractivity contribution in [1.82, 2.24) is 5.32 Å². The van der Waals surface area contributed by atoms with Crippen LogP contribution in [0, 0.1) is 11.3 Å². The van der Waals surface area contributed by atoms with Crippen LogP contribution < -0.4 is 5.32 Å². The second-order valence-corrected chi connectivity index (χ2v) is 6.00. The SMILES string of the molecule is CC[C@@H](CNC(=O)[C@@H](C)OC(=O)c1ccc(C#N)cc1)c1ccccc1. The Labute approximate surface area is 153 Å². The van der Waals surface area contributed by atoms with E-state index in [2.05, 4.69) is 12.2 Å². The zero-order chi connectivity index (χ0) is 18.9. The van der Waals surface area contributed by atoms with Crippen LogP contribution in [0.25, 0.3) is 0 Å². The van der Waals surface area contributed by atoms with Crippen LogP contribution in [0.2, 0.25) is 0 Å². The molecule has 0 aliphatic rings. The summed E-state index contributed by atoms with van der Waals surface area (Å²) < 4.78 is 5.21. The molecule has 0 unspecified atom stereocenters. The monoisotopic (exact) mass is 350 g/mol. The number of nitrogens with zero attached hydrogens (tertiary/aromatic N) is 1. The first-order valence-corrected chi connectivity index (χ1v) is 8.59. The lowest BCUT2D eigenvalue weighted by atomic mass is 9.96. The maximum Gasteiger partial charge on any atom is 0.338 e. The molecule has 2 rings (SSSR count). The van der Waals surface area contributed by atoms with Crippen LogP contribution in [0.1, 0.15) is 47.7 Å². The number of hydrogen-bond donors (Lipinski definition) is 1. The normalized spacial score (nSPS) is 12.5. The molecule has 26 heavy (non-hydrogen) atoms. The van der Waals surface area contributed by atoms with Gasteiger partial charge in [-0.1, -0.05) is 37.3 Å². The van der Waals surface area contributed by atoms with Gasteiger partial charge >= 0.3 is 5.97 Å². The molecule has 2 atom stereocenters. The Balaban J connectivity index is 1.88. The smallest absolute Gasteiger partial charge is 0.338 e. The highest BCUT2D eigenvalue weighted by atomic mass is 16.5. The molecule has 0 radical (unpaired) electrons. The first-order chi connectivity index (χ1) is 12.5. The molecule has 0 saturated carbocycles. The summed E-state index contributed by atoms with van der Waals surface area (Å²) in [4.78, 5) is 24.3. The molecule has 2 aromatic rings. The molecule has 0 aliphatic carbocycles. The molecule has 0 saturated heterocycles. The minimum absolute atomic E-state index is 0.210. The minimum Gasteiger partial charge on any atom is -0.449 e. The van der Waals surface area contributed by atoms with E-state index in [0.29, 0.717) is 17.7 Å². The highest BCUT2D eigenvalue weighted by Gasteiger charge is 2.20. The molecule has 0 fully saturated rings. The van der Waals surface area contributed by atoms with Gasteiger partial charge in [-0.25, -0.2) is 4.79 Å². The van der Waals surface area contributed by atoms with E-state index in [1.165, 1.54) is 24.3 Å². The van der Waals surface area contributed by atoms with Crippen molar-refractivity contribution in [3.8, 4) is 6.07 Å². The van der Waals surface area contributed by atoms with Crippen molar-refractivity contribution in [3.05, 3.63) is 71.3 Å². The van der Waals surface area contributed by atoms with Crippen molar-refractivity contribution in [2.24, 2.45) is 0 Å². The Morgan fingerprint density at radius 3 is 2.35 bits per heavy atom. The number of nitriles is 1. The summed E-state index contributed by atoms with van der Waals surface area (Å²) in [5.74, 6) is -0.713. The second-order valence-electron chi connectivity index (χ2n) is 6.00. The summed E-state index contributed by atoms with van der Waals surface area (Å²) >= 11 is 0. The zero-order valence-corrected chi connectivity index (χ0v) is 14.9. The quantitative estimate of drug-likeness (QED) is 0.776. The van der Waals surface area contributed by atoms with Gasteiger partial charge in [0.1, 0.15) is 0 Å². The lowest BCUT2D eigenvalue weighted by molar-refractivity contribution is -0.129. The first-order valence-electron chi connectivity index (χ1n) is 8.59. The maximum atomic E-state index is 12.2. The number of carbonyl (C=O) groups excluding carboxylic acids is 2. The fourth-order valence-electron chi connectivity index (χ4n) is 2.55. The van der Waals surface area contributed by atoms with Crippen LogP contribution in [0.5, 0.6) is 0 Å². The molecule has 1 amide bonds. The van der Waals surface area contributed by atoms with Gasteiger partial charge in [-0.3, -0.25) is 4.79 Å². The van der Waals surface area contributed by atoms with Gasteiger partial charge in [0.2, 0.25) is 0 Å². The van der Waals surface area contributed by atoms with E-state index < -0.39 is 12.1 Å². The Morgan fingerprint density at radius 1 is 1.12 bits per heavy atom. The van der Waals surface area contributed by atoms with Gasteiger partial charge in [-0.15, -0.1) is 0 Å². The number of benzene rings is 2. The third kappa shape index (κ3) is 5.18. The highest BCUT2D eigenvalue weighted by Crippen LogP contribution is 2.18. The van der Waals surface area contributed by atoms with E-state index in [1.807, 2.05) is 36.4 Å². The zero-order valence-electron chi connectivity index (χ0n) is 14.9. The average molecular weight is 350 g/mol. The van der Waals surface area contributed by atoms with Crippen LogP contribution in [-0.4, -0.2) is 24.5 Å². The fourth-order valence-corrected chi connectivity index (χ4v) is 2.55. The number of nitrogens with one attached hydrogen (secondary N) is 1. The Kier molecular flexibility index (Phi) is 6.92. The van der Waals surface area contributed by atoms with Gasteiger partial charge in [-0.05, 0) is 43.2 Å². The predicted molar refractivity (Wildman–Crippen MR) is 98.5 cm³/mol. The van der Waals surface area contributed by atoms with E-state index in [1.54, 1.807) is 6.92 Å². The molecule has 0 aliphatic heterocycles. The third-order valence-corrected chi connectivity index (χ3v) is 4.19. The van der Waals surface area contributed by atoms with Crippen molar-refractivity contribution in [1.29, 1.82) is 5.26 Å². The van der Waals surface area contributed by atoms with Gasteiger partial charge < -0.3 is 10.1 Å². The standard InChI is InChI=1S/C21H22N2O3/c1-3-17(18-7-5-4-6-8-18)14-23-20(24)15(2)26-21(25)19-11-9-16(13-22)10-12-19/h4-12,15,17H,3,14H2,1-2H3,(H,23,24)/t15-,17+/m1/s1. The van der Waals surface area contributed by atoms with E-state index in [4.69, 9.17) is 10.00 Å². The van der Waals surface area contributed by atoms with Crippen molar-refractivity contribution in [2.75, 3.05) is 6.54 Å². The van der Waals surface area contributed by atoms with Crippen LogP contribution in [-0.2, 0) is 9.53 Å². The topological polar surface area (TPSA) is 79.2 Å². The molecule has 2 aromatic carbocycles. The minimum atomic E-state index is -0.897. The van der Waals surface area contributed by atoms with E-state index in [0.717, 1.165) is 12.0 Å². The summed E-state index contributed by atoms with van der Waals surface area (Å²) in [5, 5.41) is 11.6. The molecule has 134 valence electrons. The van der Waals surface area contributed by atoms with Crippen molar-refractivity contribution in [3.63, 3.8) is 0 Å².